The second-order valence-electron chi connectivity index (χ2n) is 4.43. The highest BCUT2D eigenvalue weighted by molar-refractivity contribution is 5.76. The average Bonchev–Trinajstić information content (AvgIpc) is 2.27. The van der Waals surface area contributed by atoms with Crippen LogP contribution in [0.1, 0.15) is 20.3 Å². The van der Waals surface area contributed by atoms with Gasteiger partial charge in [-0.2, -0.15) is 0 Å². The fraction of sp³-hybridized carbons (Fsp3) is 0.417. The zero-order valence-electron chi connectivity index (χ0n) is 11.0. The fourth-order valence-corrected chi connectivity index (χ4v) is 1.55. The molecule has 0 unspecified atom stereocenters. The number of carbonyl (C=O) groups excluding carboxylic acids is 1. The Kier molecular flexibility index (Phi) is 5.11. The van der Waals surface area contributed by atoms with E-state index in [0.717, 1.165) is 0 Å². The van der Waals surface area contributed by atoms with Crippen molar-refractivity contribution in [3.8, 4) is 0 Å². The van der Waals surface area contributed by atoms with E-state index < -0.39 is 4.92 Å². The minimum Gasteiger partial charge on any atom is -0.393 e. The van der Waals surface area contributed by atoms with Gasteiger partial charge >= 0.3 is 0 Å². The van der Waals surface area contributed by atoms with Crippen molar-refractivity contribution in [2.45, 2.75) is 26.3 Å². The first-order chi connectivity index (χ1) is 8.90. The van der Waals surface area contributed by atoms with Crippen LogP contribution in [-0.2, 0) is 4.79 Å². The van der Waals surface area contributed by atoms with E-state index in [1.807, 2.05) is 13.8 Å². The van der Waals surface area contributed by atoms with E-state index in [1.54, 1.807) is 6.07 Å². The lowest BCUT2D eigenvalue weighted by atomic mass is 10.2. The number of carbonyl (C=O) groups is 1. The molecule has 0 saturated heterocycles. The van der Waals surface area contributed by atoms with Gasteiger partial charge in [0.15, 0.2) is 0 Å². The molecule has 4 N–H and O–H groups in total. The number of nitrogens with one attached hydrogen (secondary N) is 2. The van der Waals surface area contributed by atoms with E-state index in [-0.39, 0.29) is 23.3 Å². The van der Waals surface area contributed by atoms with Crippen LogP contribution in [0.2, 0.25) is 0 Å². The molecule has 0 atom stereocenters. The first-order valence-electron chi connectivity index (χ1n) is 5.97. The summed E-state index contributed by atoms with van der Waals surface area (Å²) in [5, 5.41) is 16.4. The third kappa shape index (κ3) is 4.82. The number of anilines is 2. The van der Waals surface area contributed by atoms with Crippen LogP contribution >= 0.6 is 0 Å². The van der Waals surface area contributed by atoms with Crippen LogP contribution in [0.4, 0.5) is 17.1 Å². The molecule has 1 rings (SSSR count). The lowest BCUT2D eigenvalue weighted by Gasteiger charge is -2.10. The van der Waals surface area contributed by atoms with Crippen molar-refractivity contribution in [3.05, 3.63) is 28.3 Å². The maximum absolute atomic E-state index is 11.4. The summed E-state index contributed by atoms with van der Waals surface area (Å²) in [7, 11) is 0. The molecule has 0 saturated carbocycles. The standard InChI is InChI=1S/C12H18N4O3/c1-8(2)15-12(17)5-6-14-9-3-4-11(16(18)19)10(13)7-9/h3-4,7-8,14H,5-6,13H2,1-2H3,(H,15,17). The largest absolute Gasteiger partial charge is 0.393 e. The predicted octanol–water partition coefficient (Wildman–Crippen LogP) is 1.50. The monoisotopic (exact) mass is 266 g/mol. The van der Waals surface area contributed by atoms with Crippen LogP contribution in [-0.4, -0.2) is 23.4 Å². The quantitative estimate of drug-likeness (QED) is 0.410. The van der Waals surface area contributed by atoms with E-state index in [9.17, 15) is 14.9 Å². The van der Waals surface area contributed by atoms with Crippen molar-refractivity contribution in [1.82, 2.24) is 5.32 Å². The molecule has 0 heterocycles. The minimum absolute atomic E-state index is 0.0441. The summed E-state index contributed by atoms with van der Waals surface area (Å²) in [6.45, 7) is 4.22. The second-order valence-corrected chi connectivity index (χ2v) is 4.43. The molecule has 104 valence electrons. The number of amides is 1. The Labute approximate surface area is 111 Å². The molecule has 19 heavy (non-hydrogen) atoms. The Bertz CT molecular complexity index is 474. The average molecular weight is 266 g/mol. The molecule has 1 aromatic carbocycles. The molecule has 0 aromatic heterocycles. The van der Waals surface area contributed by atoms with Crippen molar-refractivity contribution in [1.29, 1.82) is 0 Å². The number of nitro benzene ring substituents is 1. The highest BCUT2D eigenvalue weighted by atomic mass is 16.6. The lowest BCUT2D eigenvalue weighted by molar-refractivity contribution is -0.383. The van der Waals surface area contributed by atoms with Crippen molar-refractivity contribution >= 4 is 23.0 Å². The number of nitrogens with zero attached hydrogens (tertiary/aromatic N) is 1. The number of nitrogens with two attached hydrogens (primary N) is 1. The van der Waals surface area contributed by atoms with Gasteiger partial charge in [-0.25, -0.2) is 0 Å². The molecule has 0 aliphatic carbocycles. The molecule has 1 amide bonds. The van der Waals surface area contributed by atoms with Gasteiger partial charge in [0, 0.05) is 30.8 Å². The van der Waals surface area contributed by atoms with Gasteiger partial charge in [0.25, 0.3) is 5.69 Å². The highest BCUT2D eigenvalue weighted by Crippen LogP contribution is 2.24. The second kappa shape index (κ2) is 6.58. The summed E-state index contributed by atoms with van der Waals surface area (Å²) in [6, 6.07) is 4.50. The fourth-order valence-electron chi connectivity index (χ4n) is 1.55. The zero-order chi connectivity index (χ0) is 14.4. The van der Waals surface area contributed by atoms with Crippen LogP contribution < -0.4 is 16.4 Å². The molecule has 0 bridgehead atoms. The number of nitro groups is 1. The first-order valence-corrected chi connectivity index (χ1v) is 5.97. The first kappa shape index (κ1) is 14.7. The summed E-state index contributed by atoms with van der Waals surface area (Å²) < 4.78 is 0. The maximum Gasteiger partial charge on any atom is 0.292 e. The Hall–Kier alpha value is -2.31. The van der Waals surface area contributed by atoms with Gasteiger partial charge in [-0.05, 0) is 26.0 Å². The Balaban J connectivity index is 2.48. The number of hydrogen-bond donors (Lipinski definition) is 3. The number of nitrogen functional groups attached to an aromatic ring is 1. The molecule has 7 heteroatoms. The molecular formula is C12H18N4O3. The predicted molar refractivity (Wildman–Crippen MR) is 73.9 cm³/mol. The third-order valence-corrected chi connectivity index (χ3v) is 2.36. The van der Waals surface area contributed by atoms with Gasteiger partial charge in [-0.15, -0.1) is 0 Å². The normalized spacial score (nSPS) is 10.3. The SMILES string of the molecule is CC(C)NC(=O)CCNc1ccc([N+](=O)[O-])c(N)c1. The Morgan fingerprint density at radius 3 is 2.68 bits per heavy atom. The van der Waals surface area contributed by atoms with Gasteiger partial charge < -0.3 is 16.4 Å². The van der Waals surface area contributed by atoms with E-state index in [2.05, 4.69) is 10.6 Å². The molecule has 1 aromatic rings. The van der Waals surface area contributed by atoms with Crippen molar-refractivity contribution < 1.29 is 9.72 Å². The van der Waals surface area contributed by atoms with Gasteiger partial charge in [0.1, 0.15) is 5.69 Å². The topological polar surface area (TPSA) is 110 Å². The van der Waals surface area contributed by atoms with Crippen molar-refractivity contribution in [2.75, 3.05) is 17.6 Å². The smallest absolute Gasteiger partial charge is 0.292 e. The number of hydrogen-bond acceptors (Lipinski definition) is 5. The van der Waals surface area contributed by atoms with Crippen LogP contribution in [0.25, 0.3) is 0 Å². The third-order valence-electron chi connectivity index (χ3n) is 2.36. The van der Waals surface area contributed by atoms with Crippen molar-refractivity contribution in [3.63, 3.8) is 0 Å². The van der Waals surface area contributed by atoms with E-state index >= 15 is 0 Å². The number of benzene rings is 1. The molecular weight excluding hydrogens is 248 g/mol. The lowest BCUT2D eigenvalue weighted by Crippen LogP contribution is -2.31. The summed E-state index contributed by atoms with van der Waals surface area (Å²) in [6.07, 6.45) is 0.328. The molecule has 7 nitrogen and oxygen atoms in total. The van der Waals surface area contributed by atoms with Gasteiger partial charge in [-0.1, -0.05) is 0 Å². The van der Waals surface area contributed by atoms with Crippen molar-refractivity contribution in [2.24, 2.45) is 0 Å². The van der Waals surface area contributed by atoms with Gasteiger partial charge in [-0.3, -0.25) is 14.9 Å². The molecule has 0 aliphatic heterocycles. The summed E-state index contributed by atoms with van der Waals surface area (Å²) in [4.78, 5) is 21.4. The van der Waals surface area contributed by atoms with E-state index in [1.165, 1.54) is 12.1 Å². The van der Waals surface area contributed by atoms with Crippen LogP contribution in [0.15, 0.2) is 18.2 Å². The van der Waals surface area contributed by atoms with Crippen LogP contribution in [0.5, 0.6) is 0 Å². The zero-order valence-corrected chi connectivity index (χ0v) is 11.0. The number of rotatable bonds is 6. The maximum atomic E-state index is 11.4. The molecule has 0 aliphatic rings. The Morgan fingerprint density at radius 1 is 1.47 bits per heavy atom. The van der Waals surface area contributed by atoms with Gasteiger partial charge in [0.05, 0.1) is 4.92 Å². The molecule has 0 spiro atoms. The highest BCUT2D eigenvalue weighted by Gasteiger charge is 2.11. The molecule has 0 fully saturated rings. The summed E-state index contributed by atoms with van der Waals surface area (Å²) >= 11 is 0. The Morgan fingerprint density at radius 2 is 2.16 bits per heavy atom. The van der Waals surface area contributed by atoms with Crippen LogP contribution in [0, 0.1) is 10.1 Å². The van der Waals surface area contributed by atoms with E-state index in [0.29, 0.717) is 18.7 Å². The summed E-state index contributed by atoms with van der Waals surface area (Å²) in [5.74, 6) is -0.0441. The van der Waals surface area contributed by atoms with Crippen LogP contribution in [0.3, 0.4) is 0 Å². The van der Waals surface area contributed by atoms with Gasteiger partial charge in [0.2, 0.25) is 5.91 Å². The minimum atomic E-state index is -0.533. The molecule has 0 radical (unpaired) electrons. The van der Waals surface area contributed by atoms with E-state index in [4.69, 9.17) is 5.73 Å². The summed E-state index contributed by atoms with van der Waals surface area (Å²) in [5.41, 5.74) is 6.19.